The van der Waals surface area contributed by atoms with Crippen LogP contribution in [0.3, 0.4) is 0 Å². The van der Waals surface area contributed by atoms with Gasteiger partial charge in [0.05, 0.1) is 11.3 Å². The number of hydrogen-bond donors (Lipinski definition) is 2. The summed E-state index contributed by atoms with van der Waals surface area (Å²) in [5.74, 6) is 0.855. The van der Waals surface area contributed by atoms with Crippen LogP contribution >= 0.6 is 11.8 Å². The summed E-state index contributed by atoms with van der Waals surface area (Å²) >= 11 is 1.57. The van der Waals surface area contributed by atoms with Crippen molar-refractivity contribution in [3.05, 3.63) is 51.6 Å². The molecule has 4 nitrogen and oxygen atoms in total. The molecule has 5 heteroatoms. The second kappa shape index (κ2) is 5.93. The molecule has 1 heterocycles. The van der Waals surface area contributed by atoms with Gasteiger partial charge in [0.25, 0.3) is 5.56 Å². The molecule has 0 radical (unpaired) electrons. The smallest absolute Gasteiger partial charge is 0.257 e. The zero-order chi connectivity index (χ0) is 13.8. The number of thioether (sulfide) groups is 1. The van der Waals surface area contributed by atoms with E-state index < -0.39 is 0 Å². The maximum Gasteiger partial charge on any atom is 0.257 e. The minimum Gasteiger partial charge on any atom is -0.493 e. The number of nitrogens with one attached hydrogen (secondary N) is 1. The molecule has 19 heavy (non-hydrogen) atoms. The first-order chi connectivity index (χ1) is 9.10. The monoisotopic (exact) mass is 276 g/mol. The first kappa shape index (κ1) is 13.7. The van der Waals surface area contributed by atoms with Crippen molar-refractivity contribution in [3.8, 4) is 5.88 Å². The molecule has 0 atom stereocenters. The van der Waals surface area contributed by atoms with Gasteiger partial charge >= 0.3 is 0 Å². The van der Waals surface area contributed by atoms with E-state index in [1.54, 1.807) is 11.8 Å². The lowest BCUT2D eigenvalue weighted by Crippen LogP contribution is -2.15. The van der Waals surface area contributed by atoms with Crippen molar-refractivity contribution < 1.29 is 5.11 Å². The van der Waals surface area contributed by atoms with Gasteiger partial charge in [-0.15, -0.1) is 11.8 Å². The first-order valence-electron chi connectivity index (χ1n) is 6.10. The third kappa shape index (κ3) is 3.38. The van der Waals surface area contributed by atoms with Crippen molar-refractivity contribution in [2.45, 2.75) is 30.9 Å². The average molecular weight is 276 g/mol. The van der Waals surface area contributed by atoms with E-state index in [4.69, 9.17) is 0 Å². The average Bonchev–Trinajstić information content (AvgIpc) is 2.36. The van der Waals surface area contributed by atoms with Crippen LogP contribution in [0.4, 0.5) is 0 Å². The van der Waals surface area contributed by atoms with Crippen LogP contribution in [-0.4, -0.2) is 15.1 Å². The Kier molecular flexibility index (Phi) is 4.27. The Hall–Kier alpha value is -1.75. The van der Waals surface area contributed by atoms with E-state index in [-0.39, 0.29) is 11.4 Å². The Bertz CT molecular complexity index is 638. The molecule has 100 valence electrons. The highest BCUT2D eigenvalue weighted by Gasteiger charge is 2.08. The van der Waals surface area contributed by atoms with Crippen LogP contribution < -0.4 is 5.56 Å². The fraction of sp³-hybridized carbons (Fsp3) is 0.286. The van der Waals surface area contributed by atoms with Crippen molar-refractivity contribution in [2.24, 2.45) is 0 Å². The standard InChI is InChI=1S/C14H16N2O2S/c1-3-11-13(17)15-12(16-14(11)18)8-19-10-6-4-5-9(2)7-10/h4-7H,3,8H2,1-2H3,(H2,15,16,17,18). The Balaban J connectivity index is 2.14. The molecule has 0 aliphatic rings. The van der Waals surface area contributed by atoms with Gasteiger partial charge in [-0.05, 0) is 25.5 Å². The van der Waals surface area contributed by atoms with Crippen LogP contribution in [0.5, 0.6) is 5.88 Å². The molecule has 0 bridgehead atoms. The highest BCUT2D eigenvalue weighted by atomic mass is 32.2. The Morgan fingerprint density at radius 1 is 1.42 bits per heavy atom. The third-order valence-corrected chi connectivity index (χ3v) is 3.77. The Labute approximate surface area is 115 Å². The number of rotatable bonds is 4. The lowest BCUT2D eigenvalue weighted by molar-refractivity contribution is 0.441. The van der Waals surface area contributed by atoms with Gasteiger partial charge in [0, 0.05) is 4.90 Å². The highest BCUT2D eigenvalue weighted by Crippen LogP contribution is 2.22. The first-order valence-corrected chi connectivity index (χ1v) is 7.09. The zero-order valence-corrected chi connectivity index (χ0v) is 11.8. The molecule has 2 aromatic rings. The predicted octanol–water partition coefficient (Wildman–Crippen LogP) is 2.64. The molecule has 0 amide bonds. The molecule has 2 rings (SSSR count). The molecule has 0 aliphatic heterocycles. The van der Waals surface area contributed by atoms with Gasteiger partial charge in [0.15, 0.2) is 0 Å². The molecule has 0 unspecified atom stereocenters. The fourth-order valence-electron chi connectivity index (χ4n) is 1.78. The van der Waals surface area contributed by atoms with Gasteiger partial charge in [0.2, 0.25) is 5.88 Å². The summed E-state index contributed by atoms with van der Waals surface area (Å²) in [4.78, 5) is 19.5. The largest absolute Gasteiger partial charge is 0.493 e. The van der Waals surface area contributed by atoms with Gasteiger partial charge in [-0.25, -0.2) is 0 Å². The molecule has 2 N–H and O–H groups in total. The molecule has 0 fully saturated rings. The second-order valence-electron chi connectivity index (χ2n) is 4.27. The van der Waals surface area contributed by atoms with Gasteiger partial charge in [-0.1, -0.05) is 24.6 Å². The third-order valence-electron chi connectivity index (χ3n) is 2.76. The van der Waals surface area contributed by atoms with Crippen LogP contribution in [0.15, 0.2) is 34.0 Å². The molecule has 0 spiro atoms. The van der Waals surface area contributed by atoms with Crippen LogP contribution in [0, 0.1) is 6.92 Å². The maximum atomic E-state index is 11.7. The van der Waals surface area contributed by atoms with Crippen molar-refractivity contribution in [1.29, 1.82) is 0 Å². The topological polar surface area (TPSA) is 66.0 Å². The molecule has 0 aliphatic carbocycles. The summed E-state index contributed by atoms with van der Waals surface area (Å²) in [6.07, 6.45) is 0.472. The summed E-state index contributed by atoms with van der Waals surface area (Å²) in [7, 11) is 0. The number of aromatic nitrogens is 2. The number of H-pyrrole nitrogens is 1. The Morgan fingerprint density at radius 3 is 2.84 bits per heavy atom. The van der Waals surface area contributed by atoms with Crippen molar-refractivity contribution in [1.82, 2.24) is 9.97 Å². The molecule has 0 saturated carbocycles. The van der Waals surface area contributed by atoms with Gasteiger partial charge in [0.1, 0.15) is 5.82 Å². The summed E-state index contributed by atoms with van der Waals surface area (Å²) in [6, 6.07) is 8.11. The lowest BCUT2D eigenvalue weighted by Gasteiger charge is -2.05. The van der Waals surface area contributed by atoms with E-state index in [1.165, 1.54) is 5.56 Å². The van der Waals surface area contributed by atoms with E-state index >= 15 is 0 Å². The van der Waals surface area contributed by atoms with Gasteiger partial charge in [-0.3, -0.25) is 4.79 Å². The highest BCUT2D eigenvalue weighted by molar-refractivity contribution is 7.98. The van der Waals surface area contributed by atoms with Crippen LogP contribution in [0.25, 0.3) is 0 Å². The van der Waals surface area contributed by atoms with E-state index in [1.807, 2.05) is 32.0 Å². The van der Waals surface area contributed by atoms with Crippen molar-refractivity contribution in [2.75, 3.05) is 0 Å². The summed E-state index contributed by atoms with van der Waals surface area (Å²) in [5.41, 5.74) is 1.27. The quantitative estimate of drug-likeness (QED) is 0.843. The van der Waals surface area contributed by atoms with E-state index in [0.29, 0.717) is 23.6 Å². The Morgan fingerprint density at radius 2 is 2.21 bits per heavy atom. The molecule has 1 aromatic carbocycles. The number of nitrogens with zero attached hydrogens (tertiary/aromatic N) is 1. The number of aryl methyl sites for hydroxylation is 1. The minimum atomic E-state index is -0.255. The van der Waals surface area contributed by atoms with Gasteiger partial charge < -0.3 is 10.1 Å². The van der Waals surface area contributed by atoms with E-state index in [0.717, 1.165) is 4.90 Å². The number of aromatic hydroxyl groups is 1. The van der Waals surface area contributed by atoms with Crippen molar-refractivity contribution >= 4 is 11.8 Å². The second-order valence-corrected chi connectivity index (χ2v) is 5.32. The predicted molar refractivity (Wildman–Crippen MR) is 76.6 cm³/mol. The summed E-state index contributed by atoms with van der Waals surface area (Å²) < 4.78 is 0. The minimum absolute atomic E-state index is 0.161. The van der Waals surface area contributed by atoms with Gasteiger partial charge in [-0.2, -0.15) is 4.98 Å². The van der Waals surface area contributed by atoms with Crippen LogP contribution in [0.1, 0.15) is 23.9 Å². The zero-order valence-electron chi connectivity index (χ0n) is 10.9. The number of benzene rings is 1. The van der Waals surface area contributed by atoms with E-state index in [2.05, 4.69) is 16.0 Å². The summed E-state index contributed by atoms with van der Waals surface area (Å²) in [5, 5.41) is 9.67. The van der Waals surface area contributed by atoms with E-state index in [9.17, 15) is 9.90 Å². The molecular formula is C14H16N2O2S. The van der Waals surface area contributed by atoms with Crippen molar-refractivity contribution in [3.63, 3.8) is 0 Å². The number of hydrogen-bond acceptors (Lipinski definition) is 4. The fourth-order valence-corrected chi connectivity index (χ4v) is 2.66. The lowest BCUT2D eigenvalue weighted by atomic mass is 10.2. The van der Waals surface area contributed by atoms with Crippen LogP contribution in [-0.2, 0) is 12.2 Å². The van der Waals surface area contributed by atoms with Crippen LogP contribution in [0.2, 0.25) is 0 Å². The normalized spacial score (nSPS) is 10.6. The molecular weight excluding hydrogens is 260 g/mol. The number of aromatic amines is 1. The molecule has 0 saturated heterocycles. The summed E-state index contributed by atoms with van der Waals surface area (Å²) in [6.45, 7) is 3.85. The maximum absolute atomic E-state index is 11.7. The molecule has 1 aromatic heterocycles. The SMILES string of the molecule is CCc1c(O)nc(CSc2cccc(C)c2)[nH]c1=O.